The summed E-state index contributed by atoms with van der Waals surface area (Å²) in [6.45, 7) is 4.81. The highest BCUT2D eigenvalue weighted by Crippen LogP contribution is 2.54. The lowest BCUT2D eigenvalue weighted by Gasteiger charge is -2.40. The van der Waals surface area contributed by atoms with Gasteiger partial charge in [-0.2, -0.15) is 28.7 Å². The van der Waals surface area contributed by atoms with E-state index in [4.69, 9.17) is 0 Å². The van der Waals surface area contributed by atoms with Gasteiger partial charge in [0.2, 0.25) is 0 Å². The van der Waals surface area contributed by atoms with Crippen molar-refractivity contribution in [3.8, 4) is 12.1 Å². The van der Waals surface area contributed by atoms with Crippen molar-refractivity contribution in [1.29, 1.82) is 10.5 Å². The van der Waals surface area contributed by atoms with Gasteiger partial charge in [-0.1, -0.05) is 19.8 Å². The molecule has 1 N–H and O–H groups in total. The molecule has 2 aromatic rings. The largest absolute Gasteiger partial charge is 0.471 e. The number of aromatic nitrogens is 2. The monoisotopic (exact) mass is 484 g/mol. The van der Waals surface area contributed by atoms with Crippen LogP contribution in [-0.2, 0) is 17.3 Å². The Morgan fingerprint density at radius 2 is 2.03 bits per heavy atom. The fraction of sp³-hybridized carbons (Fsp3) is 0.478. The van der Waals surface area contributed by atoms with Gasteiger partial charge in [0.05, 0.1) is 5.69 Å². The van der Waals surface area contributed by atoms with Crippen LogP contribution in [0, 0.1) is 22.7 Å². The van der Waals surface area contributed by atoms with Gasteiger partial charge in [-0.15, -0.1) is 10.2 Å². The van der Waals surface area contributed by atoms with Gasteiger partial charge in [-0.25, -0.2) is 0 Å². The molecule has 4 rings (SSSR count). The van der Waals surface area contributed by atoms with E-state index in [9.17, 15) is 28.5 Å². The summed E-state index contributed by atoms with van der Waals surface area (Å²) in [5.41, 5.74) is 1.24. The Morgan fingerprint density at radius 3 is 2.63 bits per heavy atom. The summed E-state index contributed by atoms with van der Waals surface area (Å²) in [6, 6.07) is 7.06. The summed E-state index contributed by atoms with van der Waals surface area (Å²) in [4.78, 5) is 17.9. The number of rotatable bonds is 4. The van der Waals surface area contributed by atoms with Gasteiger partial charge in [-0.3, -0.25) is 4.79 Å². The van der Waals surface area contributed by atoms with E-state index in [-0.39, 0.29) is 40.2 Å². The number of azo groups is 1. The molecule has 2 unspecified atom stereocenters. The molecule has 2 heterocycles. The first-order chi connectivity index (χ1) is 16.5. The van der Waals surface area contributed by atoms with E-state index in [1.165, 1.54) is 17.7 Å². The number of amides is 1. The van der Waals surface area contributed by atoms with Gasteiger partial charge in [0, 0.05) is 30.7 Å². The van der Waals surface area contributed by atoms with Crippen LogP contribution in [-0.4, -0.2) is 34.2 Å². The van der Waals surface area contributed by atoms with E-state index in [1.54, 1.807) is 12.1 Å². The van der Waals surface area contributed by atoms with Gasteiger partial charge in [0.25, 0.3) is 5.95 Å². The zero-order valence-electron chi connectivity index (χ0n) is 19.4. The van der Waals surface area contributed by atoms with Crippen molar-refractivity contribution in [1.82, 2.24) is 9.55 Å². The number of nitriles is 2. The fourth-order valence-corrected chi connectivity index (χ4v) is 5.22. The normalized spacial score (nSPS) is 21.4. The molecule has 1 aliphatic carbocycles. The van der Waals surface area contributed by atoms with Gasteiger partial charge in [0.1, 0.15) is 17.8 Å². The second kappa shape index (κ2) is 8.69. The van der Waals surface area contributed by atoms with Crippen LogP contribution in [0.1, 0.15) is 56.5 Å². The van der Waals surface area contributed by atoms with Gasteiger partial charge >= 0.3 is 12.1 Å². The number of likely N-dealkylation sites (N-methyl/N-ethyl adjacent to an activating group) is 1. The second-order valence-corrected chi connectivity index (χ2v) is 8.90. The number of hydrogen-bond acceptors (Lipinski definition) is 7. The molecule has 182 valence electrons. The summed E-state index contributed by atoms with van der Waals surface area (Å²) >= 11 is 0. The molecule has 1 saturated carbocycles. The molecule has 2 atom stereocenters. The molecule has 35 heavy (non-hydrogen) atoms. The highest BCUT2D eigenvalue weighted by Gasteiger charge is 2.49. The third kappa shape index (κ3) is 3.99. The van der Waals surface area contributed by atoms with Crippen LogP contribution in [0.15, 0.2) is 22.4 Å². The van der Waals surface area contributed by atoms with Crippen molar-refractivity contribution in [3.05, 3.63) is 29.1 Å². The summed E-state index contributed by atoms with van der Waals surface area (Å²) < 4.78 is 40.5. The lowest BCUT2D eigenvalue weighted by molar-refractivity contribution is -0.167. The third-order valence-corrected chi connectivity index (χ3v) is 6.95. The average molecular weight is 484 g/mol. The Balaban J connectivity index is 1.85. The maximum atomic E-state index is 13.1. The van der Waals surface area contributed by atoms with E-state index < -0.39 is 12.1 Å². The number of benzene rings is 1. The third-order valence-electron chi connectivity index (χ3n) is 6.95. The smallest absolute Gasteiger partial charge is 0.368 e. The van der Waals surface area contributed by atoms with Crippen molar-refractivity contribution in [2.75, 3.05) is 16.8 Å². The highest BCUT2D eigenvalue weighted by atomic mass is 19.4. The van der Waals surface area contributed by atoms with Crippen LogP contribution < -0.4 is 10.2 Å². The Morgan fingerprint density at radius 1 is 1.29 bits per heavy atom. The molecular formula is C23H23F3N8O. The molecule has 1 aromatic heterocycles. The van der Waals surface area contributed by atoms with Crippen molar-refractivity contribution < 1.29 is 18.0 Å². The van der Waals surface area contributed by atoms with E-state index in [2.05, 4.69) is 27.0 Å². The Kier molecular flexibility index (Phi) is 6.01. The van der Waals surface area contributed by atoms with E-state index in [0.29, 0.717) is 6.54 Å². The molecule has 0 spiro atoms. The van der Waals surface area contributed by atoms with Crippen molar-refractivity contribution in [2.45, 2.75) is 57.2 Å². The number of carbonyl (C=O) groups is 1. The SMILES string of the molecule is CCN1c2cc(NC(=O)C(F)(F)F)c(N=Nc3nc(C#N)c(C#N)n3C)cc2C2(C)CCCCC12. The van der Waals surface area contributed by atoms with E-state index in [0.717, 1.165) is 36.9 Å². The van der Waals surface area contributed by atoms with Crippen LogP contribution in [0.2, 0.25) is 0 Å². The predicted octanol–water partition coefficient (Wildman–Crippen LogP) is 5.12. The molecule has 0 saturated heterocycles. The first kappa shape index (κ1) is 24.2. The zero-order chi connectivity index (χ0) is 25.5. The minimum Gasteiger partial charge on any atom is -0.368 e. The number of carbonyl (C=O) groups excluding carboxylic acids is 1. The van der Waals surface area contributed by atoms with E-state index >= 15 is 0 Å². The predicted molar refractivity (Wildman–Crippen MR) is 121 cm³/mol. The van der Waals surface area contributed by atoms with Crippen LogP contribution in [0.25, 0.3) is 0 Å². The van der Waals surface area contributed by atoms with Crippen LogP contribution in [0.5, 0.6) is 0 Å². The number of hydrogen-bond donors (Lipinski definition) is 1. The average Bonchev–Trinajstić information content (AvgIpc) is 3.26. The lowest BCUT2D eigenvalue weighted by Crippen LogP contribution is -2.45. The number of nitrogens with zero attached hydrogens (tertiary/aromatic N) is 7. The zero-order valence-corrected chi connectivity index (χ0v) is 19.4. The van der Waals surface area contributed by atoms with Crippen LogP contribution >= 0.6 is 0 Å². The molecule has 1 amide bonds. The summed E-state index contributed by atoms with van der Waals surface area (Å²) in [5.74, 6) is -2.18. The first-order valence-electron chi connectivity index (χ1n) is 11.2. The molecule has 2 aliphatic rings. The molecule has 12 heteroatoms. The maximum absolute atomic E-state index is 13.1. The van der Waals surface area contributed by atoms with Gasteiger partial charge < -0.3 is 14.8 Å². The highest BCUT2D eigenvalue weighted by molar-refractivity contribution is 5.98. The van der Waals surface area contributed by atoms with Crippen molar-refractivity contribution in [3.63, 3.8) is 0 Å². The Bertz CT molecular complexity index is 1300. The number of halogens is 3. The molecule has 0 radical (unpaired) electrons. The van der Waals surface area contributed by atoms with Crippen molar-refractivity contribution >= 4 is 28.9 Å². The van der Waals surface area contributed by atoms with Crippen LogP contribution in [0.4, 0.5) is 36.2 Å². The molecule has 1 aromatic carbocycles. The topological polar surface area (TPSA) is 122 Å². The number of fused-ring (bicyclic) bond motifs is 3. The second-order valence-electron chi connectivity index (χ2n) is 8.90. The molecular weight excluding hydrogens is 461 g/mol. The number of nitrogens with one attached hydrogen (secondary N) is 1. The number of alkyl halides is 3. The van der Waals surface area contributed by atoms with E-state index in [1.807, 2.05) is 18.3 Å². The number of anilines is 2. The standard InChI is InChI=1S/C23H23F3N8O/c1-4-34-17-10-14(29-20(35)23(24,25)26)15(9-13(17)22(2)8-6-5-7-19(22)34)31-32-21-30-16(11-27)18(12-28)33(21)3/h9-10,19H,4-8H2,1-3H3,(H,29,35). The number of imidazole rings is 1. The molecule has 0 bridgehead atoms. The summed E-state index contributed by atoms with van der Waals surface area (Å²) in [6.07, 6.45) is -1.10. The summed E-state index contributed by atoms with van der Waals surface area (Å²) in [7, 11) is 1.47. The molecule has 9 nitrogen and oxygen atoms in total. The maximum Gasteiger partial charge on any atom is 0.471 e. The van der Waals surface area contributed by atoms with Gasteiger partial charge in [-0.05, 0) is 37.5 Å². The lowest BCUT2D eigenvalue weighted by atomic mass is 9.69. The molecule has 1 aliphatic heterocycles. The van der Waals surface area contributed by atoms with Gasteiger partial charge in [0.15, 0.2) is 11.4 Å². The Hall–Kier alpha value is -3.93. The fourth-order valence-electron chi connectivity index (χ4n) is 5.22. The first-order valence-corrected chi connectivity index (χ1v) is 11.2. The molecule has 1 fully saturated rings. The summed E-state index contributed by atoms with van der Waals surface area (Å²) in [5, 5.41) is 28.5. The van der Waals surface area contributed by atoms with Crippen molar-refractivity contribution in [2.24, 2.45) is 17.3 Å². The van der Waals surface area contributed by atoms with Crippen LogP contribution in [0.3, 0.4) is 0 Å². The minimum absolute atomic E-state index is 0.0165. The quantitative estimate of drug-likeness (QED) is 0.604. The minimum atomic E-state index is -5.08. The Labute approximate surface area is 199 Å².